The Morgan fingerprint density at radius 1 is 1.27 bits per heavy atom. The predicted molar refractivity (Wildman–Crippen MR) is 65.7 cm³/mol. The van der Waals surface area contributed by atoms with E-state index < -0.39 is 0 Å². The molecule has 0 aromatic heterocycles. The third kappa shape index (κ3) is 2.17. The van der Waals surface area contributed by atoms with Gasteiger partial charge < -0.3 is 4.74 Å². The Labute approximate surface area is 93.5 Å². The highest BCUT2D eigenvalue weighted by molar-refractivity contribution is 5.45. The van der Waals surface area contributed by atoms with Gasteiger partial charge in [0.2, 0.25) is 0 Å². The number of hydrogen-bond acceptors (Lipinski definition) is 1. The van der Waals surface area contributed by atoms with E-state index in [4.69, 9.17) is 4.74 Å². The number of hydrogen-bond donors (Lipinski definition) is 0. The van der Waals surface area contributed by atoms with E-state index in [-0.39, 0.29) is 7.43 Å². The first-order valence-electron chi connectivity index (χ1n) is 5.61. The van der Waals surface area contributed by atoms with Crippen LogP contribution in [-0.4, -0.2) is 6.61 Å². The van der Waals surface area contributed by atoms with Gasteiger partial charge in [-0.25, -0.2) is 0 Å². The molecule has 0 bridgehead atoms. The first kappa shape index (κ1) is 12.1. The molecule has 0 unspecified atom stereocenters. The van der Waals surface area contributed by atoms with Gasteiger partial charge in [-0.1, -0.05) is 39.5 Å². The summed E-state index contributed by atoms with van der Waals surface area (Å²) in [6, 6.07) is 6.58. The fourth-order valence-corrected chi connectivity index (χ4v) is 2.29. The van der Waals surface area contributed by atoms with Crippen LogP contribution in [0.4, 0.5) is 0 Å². The maximum absolute atomic E-state index is 5.71. The van der Waals surface area contributed by atoms with Gasteiger partial charge in [-0.15, -0.1) is 0 Å². The van der Waals surface area contributed by atoms with Crippen LogP contribution in [0.1, 0.15) is 51.2 Å². The summed E-state index contributed by atoms with van der Waals surface area (Å²) in [5, 5.41) is 0. The standard InChI is InChI=1S/C13H18O.CH4/c1-3-10(4-2)12-7-5-6-11-8-9-14-13(11)12;/h5-7,10H,3-4,8-9H2,1-2H3;1H4. The maximum Gasteiger partial charge on any atom is 0.126 e. The van der Waals surface area contributed by atoms with E-state index in [1.807, 2.05) is 0 Å². The van der Waals surface area contributed by atoms with E-state index in [9.17, 15) is 0 Å². The third-order valence-electron chi connectivity index (χ3n) is 3.17. The Balaban J connectivity index is 0.00000112. The average molecular weight is 206 g/mol. The number of benzene rings is 1. The lowest BCUT2D eigenvalue weighted by Gasteiger charge is -2.16. The summed E-state index contributed by atoms with van der Waals surface area (Å²) in [6.07, 6.45) is 3.50. The maximum atomic E-state index is 5.71. The third-order valence-corrected chi connectivity index (χ3v) is 3.17. The van der Waals surface area contributed by atoms with E-state index in [0.29, 0.717) is 5.92 Å². The zero-order chi connectivity index (χ0) is 9.97. The highest BCUT2D eigenvalue weighted by Gasteiger charge is 2.19. The van der Waals surface area contributed by atoms with Crippen LogP contribution in [0.2, 0.25) is 0 Å². The molecule has 0 saturated carbocycles. The van der Waals surface area contributed by atoms with Gasteiger partial charge in [0.15, 0.2) is 0 Å². The van der Waals surface area contributed by atoms with Crippen molar-refractivity contribution in [3.8, 4) is 5.75 Å². The lowest BCUT2D eigenvalue weighted by atomic mass is 9.92. The number of fused-ring (bicyclic) bond motifs is 1. The van der Waals surface area contributed by atoms with Gasteiger partial charge in [0.05, 0.1) is 6.61 Å². The van der Waals surface area contributed by atoms with Crippen molar-refractivity contribution in [2.45, 2.75) is 46.5 Å². The minimum Gasteiger partial charge on any atom is -0.493 e. The highest BCUT2D eigenvalue weighted by Crippen LogP contribution is 2.36. The van der Waals surface area contributed by atoms with Crippen molar-refractivity contribution in [3.05, 3.63) is 29.3 Å². The van der Waals surface area contributed by atoms with E-state index in [1.54, 1.807) is 0 Å². The Morgan fingerprint density at radius 3 is 2.67 bits per heavy atom. The van der Waals surface area contributed by atoms with Crippen LogP contribution in [-0.2, 0) is 6.42 Å². The Kier molecular flexibility index (Phi) is 4.19. The molecule has 0 aliphatic carbocycles. The van der Waals surface area contributed by atoms with E-state index in [1.165, 1.54) is 29.7 Å². The van der Waals surface area contributed by atoms with Gasteiger partial charge in [-0.3, -0.25) is 0 Å². The second kappa shape index (κ2) is 5.20. The first-order valence-corrected chi connectivity index (χ1v) is 5.61. The molecule has 2 rings (SSSR count). The molecule has 1 heteroatoms. The van der Waals surface area contributed by atoms with Crippen LogP contribution in [0, 0.1) is 0 Å². The smallest absolute Gasteiger partial charge is 0.126 e. The summed E-state index contributed by atoms with van der Waals surface area (Å²) in [6.45, 7) is 5.37. The summed E-state index contributed by atoms with van der Waals surface area (Å²) in [4.78, 5) is 0. The molecule has 1 aliphatic rings. The second-order valence-corrected chi connectivity index (χ2v) is 3.95. The molecule has 0 radical (unpaired) electrons. The molecule has 0 fully saturated rings. The lowest BCUT2D eigenvalue weighted by molar-refractivity contribution is 0.350. The second-order valence-electron chi connectivity index (χ2n) is 3.95. The van der Waals surface area contributed by atoms with Gasteiger partial charge in [0.1, 0.15) is 5.75 Å². The molecule has 1 heterocycles. The molecule has 0 atom stereocenters. The van der Waals surface area contributed by atoms with Gasteiger partial charge in [-0.2, -0.15) is 0 Å². The molecular formula is C14H22O. The fourth-order valence-electron chi connectivity index (χ4n) is 2.29. The molecule has 0 saturated heterocycles. The monoisotopic (exact) mass is 206 g/mol. The largest absolute Gasteiger partial charge is 0.493 e. The topological polar surface area (TPSA) is 9.23 Å². The van der Waals surface area contributed by atoms with Crippen molar-refractivity contribution in [3.63, 3.8) is 0 Å². The molecule has 0 amide bonds. The van der Waals surface area contributed by atoms with Gasteiger partial charge in [0.25, 0.3) is 0 Å². The average Bonchev–Trinajstić information content (AvgIpc) is 2.68. The molecule has 1 aromatic carbocycles. The van der Waals surface area contributed by atoms with Crippen LogP contribution in [0.3, 0.4) is 0 Å². The summed E-state index contributed by atoms with van der Waals surface area (Å²) >= 11 is 0. The first-order chi connectivity index (χ1) is 6.86. The van der Waals surface area contributed by atoms with Crippen molar-refractivity contribution < 1.29 is 4.74 Å². The SMILES string of the molecule is C.CCC(CC)c1cccc2c1OCC2. The molecule has 1 aromatic rings. The van der Waals surface area contributed by atoms with Gasteiger partial charge in [-0.05, 0) is 29.9 Å². The molecule has 0 N–H and O–H groups in total. The van der Waals surface area contributed by atoms with Crippen molar-refractivity contribution in [2.24, 2.45) is 0 Å². The van der Waals surface area contributed by atoms with Crippen LogP contribution in [0.15, 0.2) is 18.2 Å². The van der Waals surface area contributed by atoms with Crippen molar-refractivity contribution in [2.75, 3.05) is 6.61 Å². The minimum atomic E-state index is 0. The van der Waals surface area contributed by atoms with Crippen LogP contribution < -0.4 is 4.74 Å². The van der Waals surface area contributed by atoms with Crippen LogP contribution >= 0.6 is 0 Å². The van der Waals surface area contributed by atoms with E-state index in [0.717, 1.165) is 13.0 Å². The highest BCUT2D eigenvalue weighted by atomic mass is 16.5. The number of rotatable bonds is 3. The summed E-state index contributed by atoms with van der Waals surface area (Å²) in [5.74, 6) is 1.85. The van der Waals surface area contributed by atoms with Crippen LogP contribution in [0.25, 0.3) is 0 Å². The zero-order valence-corrected chi connectivity index (χ0v) is 9.05. The Morgan fingerprint density at radius 2 is 2.00 bits per heavy atom. The van der Waals surface area contributed by atoms with Crippen molar-refractivity contribution >= 4 is 0 Å². The summed E-state index contributed by atoms with van der Waals surface area (Å²) in [5.41, 5.74) is 2.82. The lowest BCUT2D eigenvalue weighted by Crippen LogP contribution is -1.98. The van der Waals surface area contributed by atoms with Crippen LogP contribution in [0.5, 0.6) is 5.75 Å². The normalized spacial score (nSPS) is 13.3. The minimum absolute atomic E-state index is 0. The van der Waals surface area contributed by atoms with Gasteiger partial charge >= 0.3 is 0 Å². The Bertz CT molecular complexity index is 313. The molecule has 0 spiro atoms. The molecule has 84 valence electrons. The fraction of sp³-hybridized carbons (Fsp3) is 0.571. The van der Waals surface area contributed by atoms with Crippen molar-refractivity contribution in [1.29, 1.82) is 0 Å². The van der Waals surface area contributed by atoms with E-state index in [2.05, 4.69) is 32.0 Å². The van der Waals surface area contributed by atoms with Gasteiger partial charge in [0, 0.05) is 6.42 Å². The molecular weight excluding hydrogens is 184 g/mol. The quantitative estimate of drug-likeness (QED) is 0.721. The summed E-state index contributed by atoms with van der Waals surface area (Å²) < 4.78 is 5.71. The number of para-hydroxylation sites is 1. The molecule has 1 aliphatic heterocycles. The molecule has 1 nitrogen and oxygen atoms in total. The molecule has 15 heavy (non-hydrogen) atoms. The van der Waals surface area contributed by atoms with E-state index >= 15 is 0 Å². The predicted octanol–water partition coefficient (Wildman–Crippen LogP) is 4.16. The Hall–Kier alpha value is -0.980. The van der Waals surface area contributed by atoms with Crippen molar-refractivity contribution in [1.82, 2.24) is 0 Å². The number of ether oxygens (including phenoxy) is 1. The zero-order valence-electron chi connectivity index (χ0n) is 9.05. The summed E-state index contributed by atoms with van der Waals surface area (Å²) in [7, 11) is 0.